The SMILES string of the molecule is CCNc1ccc(-c2cccc(C(=O)NC[C@H](c3ccco3)N(C)C)c2)nn1. The van der Waals surface area contributed by atoms with Gasteiger partial charge in [0.1, 0.15) is 11.6 Å². The number of carbonyl (C=O) groups excluding carboxylic acids is 1. The lowest BCUT2D eigenvalue weighted by atomic mass is 10.1. The van der Waals surface area contributed by atoms with E-state index in [1.165, 1.54) is 0 Å². The van der Waals surface area contributed by atoms with Gasteiger partial charge in [0.05, 0.1) is 18.0 Å². The van der Waals surface area contributed by atoms with Crippen molar-refractivity contribution in [2.45, 2.75) is 13.0 Å². The summed E-state index contributed by atoms with van der Waals surface area (Å²) in [5.41, 5.74) is 2.14. The summed E-state index contributed by atoms with van der Waals surface area (Å²) in [7, 11) is 3.91. The molecule has 0 fully saturated rings. The van der Waals surface area contributed by atoms with Crippen molar-refractivity contribution in [3.8, 4) is 11.3 Å². The van der Waals surface area contributed by atoms with Gasteiger partial charge >= 0.3 is 0 Å². The highest BCUT2D eigenvalue weighted by Gasteiger charge is 2.18. The largest absolute Gasteiger partial charge is 0.468 e. The zero-order valence-electron chi connectivity index (χ0n) is 16.3. The van der Waals surface area contributed by atoms with Gasteiger partial charge in [-0.15, -0.1) is 10.2 Å². The van der Waals surface area contributed by atoms with Crippen LogP contribution in [0.4, 0.5) is 5.82 Å². The Morgan fingerprint density at radius 1 is 1.14 bits per heavy atom. The van der Waals surface area contributed by atoms with E-state index in [1.54, 1.807) is 12.3 Å². The maximum absolute atomic E-state index is 12.7. The van der Waals surface area contributed by atoms with Crippen LogP contribution >= 0.6 is 0 Å². The van der Waals surface area contributed by atoms with Crippen LogP contribution in [0.25, 0.3) is 11.3 Å². The van der Waals surface area contributed by atoms with Crippen LogP contribution in [-0.4, -0.2) is 48.2 Å². The average molecular weight is 379 g/mol. The molecule has 0 saturated carbocycles. The molecule has 1 atom stereocenters. The molecule has 146 valence electrons. The number of rotatable bonds is 8. The van der Waals surface area contributed by atoms with Gasteiger partial charge in [0.15, 0.2) is 0 Å². The highest BCUT2D eigenvalue weighted by Crippen LogP contribution is 2.20. The van der Waals surface area contributed by atoms with Gasteiger partial charge in [-0.3, -0.25) is 9.69 Å². The molecule has 0 spiro atoms. The molecule has 3 rings (SSSR count). The van der Waals surface area contributed by atoms with E-state index in [0.717, 1.165) is 29.4 Å². The van der Waals surface area contributed by atoms with Gasteiger partial charge in [-0.1, -0.05) is 12.1 Å². The topological polar surface area (TPSA) is 83.3 Å². The Bertz CT molecular complexity index is 891. The smallest absolute Gasteiger partial charge is 0.251 e. The fraction of sp³-hybridized carbons (Fsp3) is 0.286. The molecule has 0 radical (unpaired) electrons. The Morgan fingerprint density at radius 3 is 2.64 bits per heavy atom. The van der Waals surface area contributed by atoms with Crippen LogP contribution in [0.5, 0.6) is 0 Å². The van der Waals surface area contributed by atoms with Crippen LogP contribution < -0.4 is 10.6 Å². The summed E-state index contributed by atoms with van der Waals surface area (Å²) in [5.74, 6) is 1.40. The first-order valence-corrected chi connectivity index (χ1v) is 9.24. The number of nitrogens with zero attached hydrogens (tertiary/aromatic N) is 3. The van der Waals surface area contributed by atoms with Crippen molar-refractivity contribution in [2.75, 3.05) is 32.5 Å². The number of amides is 1. The third-order valence-electron chi connectivity index (χ3n) is 4.39. The van der Waals surface area contributed by atoms with Gasteiger partial charge in [-0.2, -0.15) is 0 Å². The molecule has 0 bridgehead atoms. The van der Waals surface area contributed by atoms with E-state index < -0.39 is 0 Å². The normalized spacial score (nSPS) is 12.0. The molecule has 0 unspecified atom stereocenters. The molecule has 28 heavy (non-hydrogen) atoms. The summed E-state index contributed by atoms with van der Waals surface area (Å²) in [6.07, 6.45) is 1.64. The second kappa shape index (κ2) is 9.14. The van der Waals surface area contributed by atoms with Crippen LogP contribution in [0, 0.1) is 0 Å². The number of nitrogens with one attached hydrogen (secondary N) is 2. The summed E-state index contributed by atoms with van der Waals surface area (Å²) in [6, 6.07) is 14.9. The van der Waals surface area contributed by atoms with Crippen molar-refractivity contribution in [1.29, 1.82) is 0 Å². The number of aromatic nitrogens is 2. The van der Waals surface area contributed by atoms with Crippen molar-refractivity contribution in [3.05, 3.63) is 66.1 Å². The average Bonchev–Trinajstić information content (AvgIpc) is 3.23. The fourth-order valence-corrected chi connectivity index (χ4v) is 2.89. The van der Waals surface area contributed by atoms with Gasteiger partial charge in [0.25, 0.3) is 5.91 Å². The summed E-state index contributed by atoms with van der Waals surface area (Å²) in [5, 5.41) is 14.5. The zero-order chi connectivity index (χ0) is 19.9. The Balaban J connectivity index is 1.69. The van der Waals surface area contributed by atoms with Gasteiger partial charge < -0.3 is 15.1 Å². The first kappa shape index (κ1) is 19.6. The predicted molar refractivity (Wildman–Crippen MR) is 109 cm³/mol. The second-order valence-corrected chi connectivity index (χ2v) is 6.62. The van der Waals surface area contributed by atoms with Crippen molar-refractivity contribution in [2.24, 2.45) is 0 Å². The van der Waals surface area contributed by atoms with E-state index in [2.05, 4.69) is 20.8 Å². The summed E-state index contributed by atoms with van der Waals surface area (Å²) in [4.78, 5) is 14.7. The third kappa shape index (κ3) is 4.75. The number of furan rings is 1. The van der Waals surface area contributed by atoms with Crippen LogP contribution in [0.2, 0.25) is 0 Å². The highest BCUT2D eigenvalue weighted by atomic mass is 16.3. The monoisotopic (exact) mass is 379 g/mol. The molecule has 0 aliphatic heterocycles. The first-order chi connectivity index (χ1) is 13.6. The third-order valence-corrected chi connectivity index (χ3v) is 4.39. The second-order valence-electron chi connectivity index (χ2n) is 6.62. The first-order valence-electron chi connectivity index (χ1n) is 9.24. The molecular weight excluding hydrogens is 354 g/mol. The maximum Gasteiger partial charge on any atom is 0.251 e. The standard InChI is InChI=1S/C21H25N5O2/c1-4-22-20-11-10-17(24-25-20)15-7-5-8-16(13-15)21(27)23-14-18(26(2)3)19-9-6-12-28-19/h5-13,18H,4,14H2,1-3H3,(H,22,25)(H,23,27)/t18-/m1/s1. The van der Waals surface area contributed by atoms with E-state index >= 15 is 0 Å². The Labute approximate surface area is 164 Å². The van der Waals surface area contributed by atoms with Gasteiger partial charge in [-0.05, 0) is 57.4 Å². The summed E-state index contributed by atoms with van der Waals surface area (Å²) in [6.45, 7) is 3.24. The minimum absolute atomic E-state index is 0.0355. The molecule has 1 amide bonds. The predicted octanol–water partition coefficient (Wildman–Crippen LogP) is 3.20. The lowest BCUT2D eigenvalue weighted by molar-refractivity contribution is 0.0939. The molecule has 2 N–H and O–H groups in total. The molecule has 3 aromatic rings. The fourth-order valence-electron chi connectivity index (χ4n) is 2.89. The van der Waals surface area contributed by atoms with Gasteiger partial charge in [0, 0.05) is 24.2 Å². The van der Waals surface area contributed by atoms with Crippen LogP contribution in [0.3, 0.4) is 0 Å². The number of carbonyl (C=O) groups is 1. The minimum atomic E-state index is -0.141. The maximum atomic E-state index is 12.7. The van der Waals surface area contributed by atoms with Gasteiger partial charge in [0.2, 0.25) is 0 Å². The Hall–Kier alpha value is -3.19. The molecule has 1 aromatic carbocycles. The molecule has 0 saturated heterocycles. The molecule has 7 nitrogen and oxygen atoms in total. The molecular formula is C21H25N5O2. The lowest BCUT2D eigenvalue weighted by Crippen LogP contribution is -2.34. The number of anilines is 1. The molecule has 7 heteroatoms. The number of hydrogen-bond acceptors (Lipinski definition) is 6. The summed E-state index contributed by atoms with van der Waals surface area (Å²) < 4.78 is 5.49. The van der Waals surface area contributed by atoms with E-state index in [1.807, 2.05) is 68.4 Å². The van der Waals surface area contributed by atoms with E-state index in [9.17, 15) is 4.79 Å². The van der Waals surface area contributed by atoms with Crippen LogP contribution in [-0.2, 0) is 0 Å². The minimum Gasteiger partial charge on any atom is -0.468 e. The van der Waals surface area contributed by atoms with Crippen LogP contribution in [0.15, 0.2) is 59.2 Å². The molecule has 2 aromatic heterocycles. The van der Waals surface area contributed by atoms with E-state index in [4.69, 9.17) is 4.42 Å². The quantitative estimate of drug-likeness (QED) is 0.625. The molecule has 0 aliphatic rings. The van der Waals surface area contributed by atoms with E-state index in [-0.39, 0.29) is 11.9 Å². The van der Waals surface area contributed by atoms with Crippen molar-refractivity contribution < 1.29 is 9.21 Å². The number of hydrogen-bond donors (Lipinski definition) is 2. The zero-order valence-corrected chi connectivity index (χ0v) is 16.3. The van der Waals surface area contributed by atoms with Crippen molar-refractivity contribution in [3.63, 3.8) is 0 Å². The lowest BCUT2D eigenvalue weighted by Gasteiger charge is -2.22. The Kier molecular flexibility index (Phi) is 6.39. The van der Waals surface area contributed by atoms with Crippen LogP contribution in [0.1, 0.15) is 29.1 Å². The van der Waals surface area contributed by atoms with Gasteiger partial charge in [-0.25, -0.2) is 0 Å². The Morgan fingerprint density at radius 2 is 2.00 bits per heavy atom. The van der Waals surface area contributed by atoms with Crippen molar-refractivity contribution in [1.82, 2.24) is 20.4 Å². The molecule has 0 aliphatic carbocycles. The molecule has 2 heterocycles. The summed E-state index contributed by atoms with van der Waals surface area (Å²) >= 11 is 0. The number of likely N-dealkylation sites (N-methyl/N-ethyl adjacent to an activating group) is 1. The number of benzene rings is 1. The highest BCUT2D eigenvalue weighted by molar-refractivity contribution is 5.95. The van der Waals surface area contributed by atoms with E-state index in [0.29, 0.717) is 12.1 Å². The van der Waals surface area contributed by atoms with Crippen molar-refractivity contribution >= 4 is 11.7 Å².